The zero-order valence-corrected chi connectivity index (χ0v) is 13.4. The smallest absolute Gasteiger partial charge is 0.652 e. The van der Waals surface area contributed by atoms with E-state index in [-0.39, 0.29) is 82.1 Å². The van der Waals surface area contributed by atoms with Gasteiger partial charge in [-0.1, -0.05) is 0 Å². The van der Waals surface area contributed by atoms with Crippen molar-refractivity contribution >= 4 is 18.5 Å². The van der Waals surface area contributed by atoms with Crippen molar-refractivity contribution in [3.63, 3.8) is 0 Å². The van der Waals surface area contributed by atoms with E-state index in [1.54, 1.807) is 0 Å². The summed E-state index contributed by atoms with van der Waals surface area (Å²) in [6.45, 7) is 0. The Bertz CT molecular complexity index is 123. The van der Waals surface area contributed by atoms with Crippen LogP contribution in [0.4, 0.5) is 19.1 Å². The molecule has 0 aliphatic rings. The van der Waals surface area contributed by atoms with Crippen LogP contribution in [-0.4, -0.2) is 18.5 Å². The van der Waals surface area contributed by atoms with Crippen molar-refractivity contribution < 1.29 is 127 Å². The van der Waals surface area contributed by atoms with Gasteiger partial charge < -0.3 is 45.0 Å². The van der Waals surface area contributed by atoms with E-state index >= 15 is 0 Å². The van der Waals surface area contributed by atoms with Crippen LogP contribution in [0.5, 0.6) is 0 Å². The summed E-state index contributed by atoms with van der Waals surface area (Å²) in [7, 11) is 0. The van der Waals surface area contributed by atoms with Crippen LogP contribution in [-0.2, 0) is 0 Å². The SMILES string of the molecule is O=C([O-])[O-].O=C([O-])[O-].O=C([O-])[O-].[Ce+3].[F].[La+3]. The van der Waals surface area contributed by atoms with Crippen LogP contribution in [0, 0.1) is 77.3 Å². The second kappa shape index (κ2) is 29.2. The third kappa shape index (κ3) is 22400. The topological polar surface area (TPSA) is 190 Å². The minimum Gasteiger partial charge on any atom is -0.652 e. The van der Waals surface area contributed by atoms with Gasteiger partial charge in [0.25, 0.3) is 0 Å². The van der Waals surface area contributed by atoms with Crippen LogP contribution >= 0.6 is 0 Å². The zero-order valence-electron chi connectivity index (χ0n) is 6.63. The van der Waals surface area contributed by atoms with Gasteiger partial charge in [-0.3, -0.25) is 0 Å². The zero-order chi connectivity index (χ0) is 10.7. The molecule has 0 aromatic carbocycles. The Morgan fingerprint density at radius 1 is 0.600 bits per heavy atom. The molecule has 0 heterocycles. The Morgan fingerprint density at radius 2 is 0.600 bits per heavy atom. The Hall–Kier alpha value is 0.311. The molecule has 2 radical (unpaired) electrons. The molecule has 9 nitrogen and oxygen atoms in total. The Balaban J connectivity index is -0.0000000184. The molecule has 15 heavy (non-hydrogen) atoms. The number of rotatable bonds is 0. The monoisotopic (exact) mass is 478 g/mol. The third-order valence-electron chi connectivity index (χ3n) is 0. The number of halogens is 1. The molecule has 0 aromatic heterocycles. The van der Waals surface area contributed by atoms with Crippen molar-refractivity contribution in [2.24, 2.45) is 0 Å². The molecule has 0 unspecified atom stereocenters. The first-order chi connectivity index (χ1) is 5.20. The summed E-state index contributed by atoms with van der Waals surface area (Å²) in [4.78, 5) is 25.0. The van der Waals surface area contributed by atoms with E-state index in [1.807, 2.05) is 0 Å². The first-order valence-electron chi connectivity index (χ1n) is 1.84. The number of carbonyl (C=O) groups is 3. The molecule has 0 atom stereocenters. The molecule has 0 aromatic rings. The van der Waals surface area contributed by atoms with Gasteiger partial charge in [0.15, 0.2) is 0 Å². The van der Waals surface area contributed by atoms with Gasteiger partial charge in [-0.25, -0.2) is 0 Å². The molecule has 0 amide bonds. The van der Waals surface area contributed by atoms with Crippen molar-refractivity contribution in [1.29, 1.82) is 0 Å². The van der Waals surface area contributed by atoms with Gasteiger partial charge in [0.05, 0.1) is 0 Å². The van der Waals surface area contributed by atoms with Gasteiger partial charge in [0.1, 0.15) is 0 Å². The normalized spacial score (nSPS) is 4.80. The van der Waals surface area contributed by atoms with Gasteiger partial charge in [-0.2, -0.15) is 0 Å². The second-order valence-electron chi connectivity index (χ2n) is 0.750. The Morgan fingerprint density at radius 3 is 0.600 bits per heavy atom. The molecule has 12 heteroatoms. The fraction of sp³-hybridized carbons (Fsp3) is 0. The maximum Gasteiger partial charge on any atom is 3.00 e. The summed E-state index contributed by atoms with van der Waals surface area (Å²) in [5.74, 6) is 0. The van der Waals surface area contributed by atoms with Crippen molar-refractivity contribution in [3.05, 3.63) is 0 Å². The van der Waals surface area contributed by atoms with Gasteiger partial charge in [0.2, 0.25) is 0 Å². The fourth-order valence-corrected chi connectivity index (χ4v) is 0. The van der Waals surface area contributed by atoms with Crippen LogP contribution in [0.1, 0.15) is 0 Å². The standard InChI is InChI=1S/3CH2O3.Ce.F.La/c3*2-1(3)4;;;/h3*(H2,2,3,4);;;/q;;;+3;;+3/p-6. The van der Waals surface area contributed by atoms with E-state index in [9.17, 15) is 0 Å². The predicted octanol–water partition coefficient (Wildman–Crippen LogP) is -6.92. The summed E-state index contributed by atoms with van der Waals surface area (Å²) in [5, 5.41) is 50.0. The molecule has 0 bridgehead atoms. The molecule has 0 aliphatic heterocycles. The average molecular weight is 478 g/mol. The number of carbonyl (C=O) groups excluding carboxylic acids is 3. The molecular formula is C3CeFLaO9. The molecule has 0 rings (SSSR count). The van der Waals surface area contributed by atoms with E-state index < -0.39 is 18.5 Å². The van der Waals surface area contributed by atoms with Crippen LogP contribution in [0.3, 0.4) is 0 Å². The van der Waals surface area contributed by atoms with Crippen molar-refractivity contribution in [3.8, 4) is 0 Å². The molecule has 0 spiro atoms. The van der Waals surface area contributed by atoms with E-state index in [4.69, 9.17) is 45.0 Å². The molecular weight excluding hydrogens is 478 g/mol. The van der Waals surface area contributed by atoms with E-state index in [0.29, 0.717) is 0 Å². The summed E-state index contributed by atoms with van der Waals surface area (Å²) in [6, 6.07) is 0. The summed E-state index contributed by atoms with van der Waals surface area (Å²) < 4.78 is 0. The Labute approximate surface area is 143 Å². The minimum absolute atomic E-state index is 0. The van der Waals surface area contributed by atoms with Gasteiger partial charge in [-0.05, 0) is 18.5 Å². The van der Waals surface area contributed by atoms with Crippen LogP contribution in [0.25, 0.3) is 0 Å². The Kier molecular flexibility index (Phi) is 70.5. The van der Waals surface area contributed by atoms with Crippen LogP contribution in [0.15, 0.2) is 0 Å². The van der Waals surface area contributed by atoms with Gasteiger partial charge >= 0.3 is 77.3 Å². The van der Waals surface area contributed by atoms with E-state index in [1.165, 1.54) is 0 Å². The number of hydrogen-bond donors (Lipinski definition) is 0. The average Bonchev–Trinajstić information content (AvgIpc) is 1.54. The molecule has 80 valence electrons. The van der Waals surface area contributed by atoms with Crippen LogP contribution < -0.4 is 30.6 Å². The quantitative estimate of drug-likeness (QED) is 0.326. The number of hydrogen-bond acceptors (Lipinski definition) is 9. The fourth-order valence-electron chi connectivity index (χ4n) is 0. The number of carboxylic acid groups (broad SMARTS) is 6. The maximum atomic E-state index is 8.33. The van der Waals surface area contributed by atoms with E-state index in [2.05, 4.69) is 0 Å². The maximum absolute atomic E-state index is 8.33. The third-order valence-corrected chi connectivity index (χ3v) is 0. The molecule has 0 saturated heterocycles. The van der Waals surface area contributed by atoms with Crippen LogP contribution in [0.2, 0.25) is 0 Å². The summed E-state index contributed by atoms with van der Waals surface area (Å²) in [5.41, 5.74) is 0. The molecule has 0 N–H and O–H groups in total. The molecule has 0 saturated carbocycles. The molecule has 0 fully saturated rings. The van der Waals surface area contributed by atoms with Crippen molar-refractivity contribution in [2.75, 3.05) is 0 Å². The second-order valence-corrected chi connectivity index (χ2v) is 0.750. The summed E-state index contributed by atoms with van der Waals surface area (Å²) in [6.07, 6.45) is -7.00. The predicted molar refractivity (Wildman–Crippen MR) is 17.3 cm³/mol. The molecule has 0 aliphatic carbocycles. The summed E-state index contributed by atoms with van der Waals surface area (Å²) >= 11 is 0. The van der Waals surface area contributed by atoms with Crippen molar-refractivity contribution in [2.45, 2.75) is 0 Å². The van der Waals surface area contributed by atoms with Crippen molar-refractivity contribution in [1.82, 2.24) is 0 Å². The van der Waals surface area contributed by atoms with Gasteiger partial charge in [0, 0.05) is 4.70 Å². The first kappa shape index (κ1) is 36.2. The van der Waals surface area contributed by atoms with Gasteiger partial charge in [-0.15, -0.1) is 0 Å². The van der Waals surface area contributed by atoms with E-state index in [0.717, 1.165) is 0 Å². The first-order valence-corrected chi connectivity index (χ1v) is 1.84. The largest absolute Gasteiger partial charge is 3.00 e. The minimum atomic E-state index is -2.33.